The van der Waals surface area contributed by atoms with Gasteiger partial charge in [-0.2, -0.15) is 4.90 Å². The Bertz CT molecular complexity index is 1150. The van der Waals surface area contributed by atoms with Crippen molar-refractivity contribution >= 4 is 35.1 Å². The number of urea groups is 1. The molecule has 1 fully saturated rings. The summed E-state index contributed by atoms with van der Waals surface area (Å²) in [6.07, 6.45) is 1.84. The second-order valence-electron chi connectivity index (χ2n) is 7.02. The van der Waals surface area contributed by atoms with E-state index in [0.717, 1.165) is 16.2 Å². The zero-order valence-electron chi connectivity index (χ0n) is 15.9. The van der Waals surface area contributed by atoms with Gasteiger partial charge in [-0.15, -0.1) is 0 Å². The Morgan fingerprint density at radius 1 is 0.931 bits per heavy atom. The van der Waals surface area contributed by atoms with Gasteiger partial charge in [-0.05, 0) is 12.1 Å². The van der Waals surface area contributed by atoms with Crippen molar-refractivity contribution in [3.63, 3.8) is 0 Å². The topological polar surface area (TPSA) is 81.4 Å². The fourth-order valence-corrected chi connectivity index (χ4v) is 3.85. The van der Waals surface area contributed by atoms with Crippen LogP contribution in [0.1, 0.15) is 5.56 Å². The van der Waals surface area contributed by atoms with Gasteiger partial charge in [0.1, 0.15) is 11.4 Å². The average molecular weight is 388 g/mol. The highest BCUT2D eigenvalue weighted by molar-refractivity contribution is 6.27. The molecule has 0 radical (unpaired) electrons. The van der Waals surface area contributed by atoms with E-state index < -0.39 is 12.1 Å². The van der Waals surface area contributed by atoms with Crippen LogP contribution in [0, 0.1) is 0 Å². The molecule has 3 amide bonds. The Hall–Kier alpha value is -4.03. The highest BCUT2D eigenvalue weighted by Gasteiger charge is 2.58. The number of amidine groups is 1. The van der Waals surface area contributed by atoms with Crippen LogP contribution in [0.15, 0.2) is 60.8 Å². The minimum absolute atomic E-state index is 0.0895. The summed E-state index contributed by atoms with van der Waals surface area (Å²) in [5.74, 6) is 0.585. The van der Waals surface area contributed by atoms with Crippen LogP contribution in [0.5, 0.6) is 5.75 Å². The van der Waals surface area contributed by atoms with Crippen LogP contribution in [0.4, 0.5) is 10.5 Å². The van der Waals surface area contributed by atoms with Crippen LogP contribution in [0.25, 0.3) is 5.70 Å². The summed E-state index contributed by atoms with van der Waals surface area (Å²) in [6.45, 7) is 0. The molecule has 0 bridgehead atoms. The summed E-state index contributed by atoms with van der Waals surface area (Å²) in [4.78, 5) is 31.3. The third-order valence-electron chi connectivity index (χ3n) is 5.34. The lowest BCUT2D eigenvalue weighted by atomic mass is 10.1. The normalized spacial score (nSPS) is 20.5. The molecule has 2 aromatic rings. The Morgan fingerprint density at radius 2 is 1.62 bits per heavy atom. The molecule has 144 valence electrons. The van der Waals surface area contributed by atoms with Gasteiger partial charge >= 0.3 is 17.8 Å². The molecule has 1 unspecified atom stereocenters. The molecule has 2 aromatic carbocycles. The number of para-hydroxylation sites is 2. The first kappa shape index (κ1) is 17.1. The van der Waals surface area contributed by atoms with Gasteiger partial charge < -0.3 is 5.11 Å². The first-order valence-electron chi connectivity index (χ1n) is 9.13. The second-order valence-corrected chi connectivity index (χ2v) is 7.02. The zero-order chi connectivity index (χ0) is 20.3. The number of anilines is 1. The maximum Gasteiger partial charge on any atom is 0.415 e. The molecule has 3 aliphatic heterocycles. The van der Waals surface area contributed by atoms with Gasteiger partial charge in [-0.25, -0.2) is 19.3 Å². The zero-order valence-corrected chi connectivity index (χ0v) is 15.9. The molecule has 29 heavy (non-hydrogen) atoms. The Kier molecular flexibility index (Phi) is 3.53. The van der Waals surface area contributed by atoms with Crippen molar-refractivity contribution in [3.8, 4) is 5.75 Å². The maximum absolute atomic E-state index is 12.9. The van der Waals surface area contributed by atoms with Gasteiger partial charge in [0.2, 0.25) is 6.04 Å². The van der Waals surface area contributed by atoms with Crippen molar-refractivity contribution in [1.29, 1.82) is 0 Å². The van der Waals surface area contributed by atoms with Crippen molar-refractivity contribution in [2.75, 3.05) is 19.0 Å². The van der Waals surface area contributed by atoms with Gasteiger partial charge in [0.25, 0.3) is 5.91 Å². The van der Waals surface area contributed by atoms with Crippen molar-refractivity contribution in [1.82, 2.24) is 19.4 Å². The van der Waals surface area contributed by atoms with E-state index in [-0.39, 0.29) is 11.7 Å². The molecule has 0 aliphatic carbocycles. The number of nitrogens with zero attached hydrogens (tertiary/aromatic N) is 5. The van der Waals surface area contributed by atoms with E-state index >= 15 is 0 Å². The van der Waals surface area contributed by atoms with E-state index in [1.165, 1.54) is 11.9 Å². The van der Waals surface area contributed by atoms with Crippen molar-refractivity contribution < 1.29 is 14.7 Å². The minimum atomic E-state index is -0.729. The average Bonchev–Trinajstić information content (AvgIpc) is 3.28. The van der Waals surface area contributed by atoms with E-state index in [1.807, 2.05) is 47.5 Å². The van der Waals surface area contributed by atoms with Gasteiger partial charge in [-0.1, -0.05) is 42.5 Å². The minimum Gasteiger partial charge on any atom is -0.505 e. The number of likely N-dealkylation sites (N-methyl/N-ethyl adjacent to an activating group) is 2. The molecule has 0 aromatic heterocycles. The van der Waals surface area contributed by atoms with Crippen LogP contribution in [-0.4, -0.2) is 63.7 Å². The quantitative estimate of drug-likeness (QED) is 0.783. The summed E-state index contributed by atoms with van der Waals surface area (Å²) in [5, 5.41) is 10.5. The SMILES string of the molecule is CN1C(=O)C2C(=[N+]=C3N(c4ccccc4O)C(c4ccccc4)=CN32)N(C)C1=O. The molecule has 3 heterocycles. The number of amides is 3. The summed E-state index contributed by atoms with van der Waals surface area (Å²) >= 11 is 0. The van der Waals surface area contributed by atoms with Crippen molar-refractivity contribution in [2.24, 2.45) is 0 Å². The predicted octanol–water partition coefficient (Wildman–Crippen LogP) is 1.24. The number of hydrogen-bond acceptors (Lipinski definition) is 5. The van der Waals surface area contributed by atoms with E-state index in [2.05, 4.69) is 4.67 Å². The lowest BCUT2D eigenvalue weighted by molar-refractivity contribution is -0.130. The third-order valence-corrected chi connectivity index (χ3v) is 5.34. The molecule has 3 aliphatic rings. The number of benzene rings is 2. The number of fused-ring (bicyclic) bond motifs is 3. The van der Waals surface area contributed by atoms with E-state index in [9.17, 15) is 14.7 Å². The molecular formula is C21H18N5O3+. The number of phenolic OH excluding ortho intramolecular Hbond substituents is 1. The van der Waals surface area contributed by atoms with Crippen LogP contribution in [-0.2, 0) is 4.79 Å². The standard InChI is InChI=1S/C21H17N5O3/c1-23-18-17(19(28)24(2)21(23)29)25-12-15(13-8-4-3-5-9-13)26(20(25)22-18)14-10-6-7-11-16(14)27/h3-12,17H,1-2H3/p+1. The van der Waals surface area contributed by atoms with E-state index in [4.69, 9.17) is 0 Å². The van der Waals surface area contributed by atoms with Gasteiger partial charge in [-0.3, -0.25) is 9.69 Å². The Morgan fingerprint density at radius 3 is 2.34 bits per heavy atom. The molecule has 0 spiro atoms. The summed E-state index contributed by atoms with van der Waals surface area (Å²) in [7, 11) is 3.07. The summed E-state index contributed by atoms with van der Waals surface area (Å²) in [5.41, 5.74) is 2.23. The predicted molar refractivity (Wildman–Crippen MR) is 109 cm³/mol. The number of guanidine groups is 1. The Balaban J connectivity index is 1.72. The van der Waals surface area contributed by atoms with E-state index in [0.29, 0.717) is 17.5 Å². The van der Waals surface area contributed by atoms with Gasteiger partial charge in [0.05, 0.1) is 13.2 Å². The van der Waals surface area contributed by atoms with Gasteiger partial charge in [0, 0.05) is 12.6 Å². The molecule has 1 N–H and O–H groups in total. The highest BCUT2D eigenvalue weighted by atomic mass is 16.3. The molecule has 1 saturated heterocycles. The lowest BCUT2D eigenvalue weighted by Gasteiger charge is -2.30. The number of rotatable bonds is 2. The fraction of sp³-hybridized carbons (Fsp3) is 0.143. The summed E-state index contributed by atoms with van der Waals surface area (Å²) in [6, 6.07) is 15.5. The highest BCUT2D eigenvalue weighted by Crippen LogP contribution is 2.39. The molecule has 5 rings (SSSR count). The van der Waals surface area contributed by atoms with Crippen LogP contribution in [0.2, 0.25) is 0 Å². The molecule has 0 saturated carbocycles. The second kappa shape index (κ2) is 5.98. The van der Waals surface area contributed by atoms with Gasteiger partial charge in [0.15, 0.2) is 5.75 Å². The number of imide groups is 1. The first-order chi connectivity index (χ1) is 14.0. The number of aromatic hydroxyl groups is 1. The third kappa shape index (κ3) is 2.30. The maximum atomic E-state index is 12.9. The molecular weight excluding hydrogens is 370 g/mol. The largest absolute Gasteiger partial charge is 0.505 e. The van der Waals surface area contributed by atoms with Crippen LogP contribution in [0.3, 0.4) is 0 Å². The van der Waals surface area contributed by atoms with Crippen LogP contribution >= 0.6 is 0 Å². The van der Waals surface area contributed by atoms with Crippen molar-refractivity contribution in [2.45, 2.75) is 6.04 Å². The number of carbonyl (C=O) groups excluding carboxylic acids is 2. The number of phenols is 1. The number of carbonyl (C=O) groups is 2. The molecule has 8 nitrogen and oxygen atoms in total. The molecule has 8 heteroatoms. The smallest absolute Gasteiger partial charge is 0.415 e. The fourth-order valence-electron chi connectivity index (χ4n) is 3.85. The lowest BCUT2D eigenvalue weighted by Crippen LogP contribution is -2.62. The van der Waals surface area contributed by atoms with E-state index in [1.54, 1.807) is 30.1 Å². The number of hydrogen-bond donors (Lipinski definition) is 1. The summed E-state index contributed by atoms with van der Waals surface area (Å²) < 4.78 is 4.64. The Labute approximate surface area is 166 Å². The first-order valence-corrected chi connectivity index (χ1v) is 9.13. The molecule has 1 atom stereocenters. The monoisotopic (exact) mass is 388 g/mol. The van der Waals surface area contributed by atoms with Crippen LogP contribution < -0.4 is 9.57 Å². The van der Waals surface area contributed by atoms with Crippen molar-refractivity contribution in [3.05, 3.63) is 66.4 Å².